The molecule has 9 heteroatoms. The molecule has 21 heavy (non-hydrogen) atoms. The number of carbonyl (C=O) groups is 2. The largest absolute Gasteiger partial charge is 0.468 e. The molecule has 0 amide bonds. The minimum absolute atomic E-state index is 0.116. The Balaban J connectivity index is 3.23. The van der Waals surface area contributed by atoms with Crippen LogP contribution in [0.1, 0.15) is 0 Å². The minimum Gasteiger partial charge on any atom is -0.468 e. The van der Waals surface area contributed by atoms with Crippen LogP contribution in [0.5, 0.6) is 0 Å². The predicted octanol–water partition coefficient (Wildman–Crippen LogP) is 1.51. The topological polar surface area (TPSA) is 99.0 Å². The summed E-state index contributed by atoms with van der Waals surface area (Å²) in [6.07, 6.45) is 0. The van der Waals surface area contributed by atoms with Gasteiger partial charge in [-0.15, -0.1) is 0 Å². The Morgan fingerprint density at radius 1 is 1.24 bits per heavy atom. The predicted molar refractivity (Wildman–Crippen MR) is 77.0 cm³/mol. The Morgan fingerprint density at radius 2 is 1.76 bits per heavy atom. The number of nitrogens with zero attached hydrogens (tertiary/aromatic N) is 2. The van der Waals surface area contributed by atoms with Gasteiger partial charge in [0.15, 0.2) is 0 Å². The van der Waals surface area contributed by atoms with E-state index in [2.05, 4.69) is 25.4 Å². The third-order valence-corrected chi connectivity index (χ3v) is 3.06. The average molecular weight is 361 g/mol. The molecule has 0 aliphatic rings. The molecule has 0 radical (unpaired) electrons. The number of benzene rings is 1. The van der Waals surface area contributed by atoms with E-state index in [1.165, 1.54) is 37.3 Å². The number of methoxy groups -OCH3 is 2. The van der Waals surface area contributed by atoms with E-state index in [-0.39, 0.29) is 24.5 Å². The number of esters is 2. The van der Waals surface area contributed by atoms with Gasteiger partial charge >= 0.3 is 11.9 Å². The highest BCUT2D eigenvalue weighted by molar-refractivity contribution is 9.10. The second kappa shape index (κ2) is 7.58. The Labute approximate surface area is 128 Å². The molecular weight excluding hydrogens is 348 g/mol. The number of hydrogen-bond donors (Lipinski definition) is 0. The lowest BCUT2D eigenvalue weighted by atomic mass is 10.2. The molecule has 0 bridgehead atoms. The van der Waals surface area contributed by atoms with Crippen LogP contribution in [0.25, 0.3) is 0 Å². The smallest absolute Gasteiger partial charge is 0.325 e. The molecule has 0 atom stereocenters. The molecule has 0 unspecified atom stereocenters. The Kier molecular flexibility index (Phi) is 6.10. The molecule has 0 aliphatic heterocycles. The van der Waals surface area contributed by atoms with Crippen molar-refractivity contribution in [3.8, 4) is 0 Å². The van der Waals surface area contributed by atoms with Crippen molar-refractivity contribution in [3.63, 3.8) is 0 Å². The lowest BCUT2D eigenvalue weighted by Crippen LogP contribution is -2.36. The lowest BCUT2D eigenvalue weighted by Gasteiger charge is -2.22. The SMILES string of the molecule is COC(=O)CN(CC(=O)OC)c1cc(Br)ccc1[N+](=O)[O-]. The van der Waals surface area contributed by atoms with Gasteiger partial charge in [-0.1, -0.05) is 15.9 Å². The summed E-state index contributed by atoms with van der Waals surface area (Å²) in [6.45, 7) is -0.633. The van der Waals surface area contributed by atoms with Crippen LogP contribution in [0.15, 0.2) is 22.7 Å². The zero-order chi connectivity index (χ0) is 16.0. The van der Waals surface area contributed by atoms with Crippen LogP contribution in [0.3, 0.4) is 0 Å². The van der Waals surface area contributed by atoms with Crippen molar-refractivity contribution in [2.24, 2.45) is 0 Å². The highest BCUT2D eigenvalue weighted by Crippen LogP contribution is 2.31. The van der Waals surface area contributed by atoms with E-state index in [0.29, 0.717) is 4.47 Å². The number of rotatable bonds is 6. The fourth-order valence-electron chi connectivity index (χ4n) is 1.57. The van der Waals surface area contributed by atoms with Crippen molar-refractivity contribution in [2.75, 3.05) is 32.2 Å². The molecule has 0 N–H and O–H groups in total. The number of carbonyl (C=O) groups excluding carboxylic acids is 2. The summed E-state index contributed by atoms with van der Waals surface area (Å²) in [7, 11) is 2.38. The maximum atomic E-state index is 11.4. The summed E-state index contributed by atoms with van der Waals surface area (Å²) in [5.41, 5.74) is -0.115. The Morgan fingerprint density at radius 3 is 2.19 bits per heavy atom. The van der Waals surface area contributed by atoms with Gasteiger partial charge in [-0.2, -0.15) is 0 Å². The molecule has 0 aromatic heterocycles. The number of nitro groups is 1. The molecule has 8 nitrogen and oxygen atoms in total. The van der Waals surface area contributed by atoms with E-state index < -0.39 is 16.9 Å². The van der Waals surface area contributed by atoms with Gasteiger partial charge in [0.2, 0.25) is 0 Å². The van der Waals surface area contributed by atoms with Gasteiger partial charge in [0.25, 0.3) is 5.69 Å². The second-order valence-corrected chi connectivity index (χ2v) is 4.81. The summed E-state index contributed by atoms with van der Waals surface area (Å²) in [6, 6.07) is 4.22. The van der Waals surface area contributed by atoms with Crippen LogP contribution >= 0.6 is 15.9 Å². The first-order chi connectivity index (χ1) is 9.88. The zero-order valence-corrected chi connectivity index (χ0v) is 13.0. The first-order valence-corrected chi connectivity index (χ1v) is 6.50. The highest BCUT2D eigenvalue weighted by atomic mass is 79.9. The molecule has 0 fully saturated rings. The van der Waals surface area contributed by atoms with Gasteiger partial charge in [-0.05, 0) is 12.1 Å². The van der Waals surface area contributed by atoms with Crippen molar-refractivity contribution in [2.45, 2.75) is 0 Å². The van der Waals surface area contributed by atoms with Crippen LogP contribution in [-0.4, -0.2) is 44.2 Å². The summed E-state index contributed by atoms with van der Waals surface area (Å²) in [5, 5.41) is 11.1. The lowest BCUT2D eigenvalue weighted by molar-refractivity contribution is -0.384. The van der Waals surface area contributed by atoms with Gasteiger partial charge in [-0.25, -0.2) is 0 Å². The Hall–Kier alpha value is -2.16. The number of ether oxygens (including phenoxy) is 2. The highest BCUT2D eigenvalue weighted by Gasteiger charge is 2.24. The molecule has 1 aromatic rings. The molecule has 0 saturated carbocycles. The fraction of sp³-hybridized carbons (Fsp3) is 0.333. The third kappa shape index (κ3) is 4.71. The first-order valence-electron chi connectivity index (χ1n) is 5.71. The molecule has 1 rings (SSSR count). The van der Waals surface area contributed by atoms with Crippen LogP contribution < -0.4 is 4.90 Å². The van der Waals surface area contributed by atoms with E-state index in [4.69, 9.17) is 0 Å². The van der Waals surface area contributed by atoms with Gasteiger partial charge in [-0.3, -0.25) is 19.7 Å². The summed E-state index contributed by atoms with van der Waals surface area (Å²) < 4.78 is 9.64. The van der Waals surface area contributed by atoms with Crippen LogP contribution in [0.4, 0.5) is 11.4 Å². The fourth-order valence-corrected chi connectivity index (χ4v) is 1.92. The second-order valence-electron chi connectivity index (χ2n) is 3.90. The van der Waals surface area contributed by atoms with E-state index in [9.17, 15) is 19.7 Å². The summed E-state index contributed by atoms with van der Waals surface area (Å²) in [5.74, 6) is -1.26. The van der Waals surface area contributed by atoms with E-state index in [1.54, 1.807) is 0 Å². The van der Waals surface area contributed by atoms with E-state index in [0.717, 1.165) is 0 Å². The van der Waals surface area contributed by atoms with Gasteiger partial charge in [0, 0.05) is 10.5 Å². The monoisotopic (exact) mass is 360 g/mol. The molecule has 0 heterocycles. The molecule has 0 saturated heterocycles. The standard InChI is InChI=1S/C12H13BrN2O6/c1-20-11(16)6-14(7-12(17)21-2)10-5-8(13)3-4-9(10)15(18)19/h3-5H,6-7H2,1-2H3. The number of anilines is 1. The zero-order valence-electron chi connectivity index (χ0n) is 11.4. The average Bonchev–Trinajstić information content (AvgIpc) is 2.45. The molecule has 1 aromatic carbocycles. The molecule has 114 valence electrons. The van der Waals surface area contributed by atoms with Gasteiger partial charge in [0.1, 0.15) is 18.8 Å². The Bertz CT molecular complexity index is 545. The normalized spacial score (nSPS) is 9.86. The van der Waals surface area contributed by atoms with Crippen molar-refractivity contribution in [1.29, 1.82) is 0 Å². The van der Waals surface area contributed by atoms with Crippen LogP contribution in [0.2, 0.25) is 0 Å². The maximum Gasteiger partial charge on any atom is 0.325 e. The summed E-state index contributed by atoms with van der Waals surface area (Å²) in [4.78, 5) is 34.6. The maximum absolute atomic E-state index is 11.4. The quantitative estimate of drug-likeness (QED) is 0.430. The van der Waals surface area contributed by atoms with Crippen molar-refractivity contribution < 1.29 is 24.0 Å². The summed E-state index contributed by atoms with van der Waals surface area (Å²) >= 11 is 3.20. The minimum atomic E-state index is -0.631. The van der Waals surface area contributed by atoms with Crippen molar-refractivity contribution in [3.05, 3.63) is 32.8 Å². The third-order valence-electron chi connectivity index (χ3n) is 2.57. The van der Waals surface area contributed by atoms with Crippen LogP contribution in [0, 0.1) is 10.1 Å². The number of halogens is 1. The van der Waals surface area contributed by atoms with Crippen molar-refractivity contribution in [1.82, 2.24) is 0 Å². The van der Waals surface area contributed by atoms with Gasteiger partial charge < -0.3 is 14.4 Å². The van der Waals surface area contributed by atoms with E-state index >= 15 is 0 Å². The first kappa shape index (κ1) is 16.9. The molecule has 0 spiro atoms. The van der Waals surface area contributed by atoms with Gasteiger partial charge in [0.05, 0.1) is 19.1 Å². The number of hydrogen-bond acceptors (Lipinski definition) is 7. The van der Waals surface area contributed by atoms with Crippen LogP contribution in [-0.2, 0) is 19.1 Å². The van der Waals surface area contributed by atoms with Crippen molar-refractivity contribution >= 4 is 39.2 Å². The number of nitro benzene ring substituents is 1. The molecule has 0 aliphatic carbocycles. The molecular formula is C12H13BrN2O6. The van der Waals surface area contributed by atoms with E-state index in [1.807, 2.05) is 0 Å².